The van der Waals surface area contributed by atoms with Gasteiger partial charge < -0.3 is 0 Å². The van der Waals surface area contributed by atoms with Crippen molar-refractivity contribution in [3.05, 3.63) is 17.5 Å². The van der Waals surface area contributed by atoms with Crippen molar-refractivity contribution in [2.45, 2.75) is 46.1 Å². The van der Waals surface area contributed by atoms with Crippen LogP contribution in [-0.4, -0.2) is 9.78 Å². The molecule has 16 heavy (non-hydrogen) atoms. The van der Waals surface area contributed by atoms with Crippen molar-refractivity contribution in [3.63, 3.8) is 0 Å². The number of rotatable bonds is 6. The highest BCUT2D eigenvalue weighted by Gasteiger charge is 2.14. The predicted molar refractivity (Wildman–Crippen MR) is 66.7 cm³/mol. The zero-order chi connectivity index (χ0) is 12.1. The van der Waals surface area contributed by atoms with Crippen LogP contribution in [0, 0.1) is 12.8 Å². The second kappa shape index (κ2) is 6.01. The Bertz CT molecular complexity index is 317. The number of hydrazine groups is 1. The van der Waals surface area contributed by atoms with Gasteiger partial charge in [0, 0.05) is 24.8 Å². The summed E-state index contributed by atoms with van der Waals surface area (Å²) in [7, 11) is 1.94. The van der Waals surface area contributed by atoms with Gasteiger partial charge in [-0.2, -0.15) is 5.10 Å². The van der Waals surface area contributed by atoms with Gasteiger partial charge in [-0.1, -0.05) is 26.7 Å². The molecule has 3 N–H and O–H groups in total. The van der Waals surface area contributed by atoms with Gasteiger partial charge in [-0.25, -0.2) is 0 Å². The van der Waals surface area contributed by atoms with E-state index in [0.29, 0.717) is 0 Å². The number of nitrogens with one attached hydrogen (secondary N) is 1. The molecule has 1 rings (SSSR count). The fourth-order valence-corrected chi connectivity index (χ4v) is 2.02. The van der Waals surface area contributed by atoms with E-state index in [0.717, 1.165) is 18.0 Å². The van der Waals surface area contributed by atoms with Gasteiger partial charge in [0.05, 0.1) is 5.69 Å². The fourth-order valence-electron chi connectivity index (χ4n) is 2.02. The molecule has 0 fully saturated rings. The average molecular weight is 224 g/mol. The molecular formula is C12H24N4. The lowest BCUT2D eigenvalue weighted by molar-refractivity contribution is 0.454. The first-order chi connectivity index (χ1) is 7.54. The van der Waals surface area contributed by atoms with E-state index < -0.39 is 0 Å². The molecule has 0 bridgehead atoms. The quantitative estimate of drug-likeness (QED) is 0.574. The molecule has 4 nitrogen and oxygen atoms in total. The molecule has 0 aliphatic rings. The summed E-state index contributed by atoms with van der Waals surface area (Å²) in [6.07, 6.45) is 5.56. The van der Waals surface area contributed by atoms with Crippen LogP contribution in [0.2, 0.25) is 0 Å². The maximum atomic E-state index is 5.61. The molecule has 0 radical (unpaired) electrons. The Balaban J connectivity index is 2.57. The summed E-state index contributed by atoms with van der Waals surface area (Å²) in [5.41, 5.74) is 5.17. The van der Waals surface area contributed by atoms with Crippen LogP contribution in [0.25, 0.3) is 0 Å². The molecule has 0 saturated carbocycles. The van der Waals surface area contributed by atoms with E-state index in [4.69, 9.17) is 5.84 Å². The molecule has 1 heterocycles. The van der Waals surface area contributed by atoms with Crippen molar-refractivity contribution in [1.29, 1.82) is 0 Å². The Labute approximate surface area is 98.2 Å². The van der Waals surface area contributed by atoms with Gasteiger partial charge in [-0.3, -0.25) is 16.0 Å². The standard InChI is InChI=1S/C12H24N4/c1-9(2)6-5-7-12(14-13)11-8-16(4)15-10(11)3/h8-9,12,14H,5-7,13H2,1-4H3. The van der Waals surface area contributed by atoms with Crippen molar-refractivity contribution < 1.29 is 0 Å². The number of nitrogens with zero attached hydrogens (tertiary/aromatic N) is 2. The van der Waals surface area contributed by atoms with Crippen LogP contribution >= 0.6 is 0 Å². The number of hydrogen-bond acceptors (Lipinski definition) is 3. The predicted octanol–water partition coefficient (Wildman–Crippen LogP) is 2.06. The van der Waals surface area contributed by atoms with Crippen molar-refractivity contribution >= 4 is 0 Å². The van der Waals surface area contributed by atoms with E-state index in [1.165, 1.54) is 18.4 Å². The number of nitrogens with two attached hydrogens (primary N) is 1. The van der Waals surface area contributed by atoms with Crippen LogP contribution in [0.15, 0.2) is 6.20 Å². The molecule has 92 valence electrons. The van der Waals surface area contributed by atoms with Crippen LogP contribution < -0.4 is 11.3 Å². The van der Waals surface area contributed by atoms with Crippen LogP contribution in [-0.2, 0) is 7.05 Å². The average Bonchev–Trinajstić information content (AvgIpc) is 2.52. The van der Waals surface area contributed by atoms with Crippen molar-refractivity contribution in [2.24, 2.45) is 18.8 Å². The molecular weight excluding hydrogens is 200 g/mol. The van der Waals surface area contributed by atoms with Crippen molar-refractivity contribution in [3.8, 4) is 0 Å². The fraction of sp³-hybridized carbons (Fsp3) is 0.750. The molecule has 1 aromatic heterocycles. The van der Waals surface area contributed by atoms with Gasteiger partial charge in [0.25, 0.3) is 0 Å². The Morgan fingerprint density at radius 1 is 1.44 bits per heavy atom. The maximum absolute atomic E-state index is 5.61. The highest BCUT2D eigenvalue weighted by Crippen LogP contribution is 2.22. The topological polar surface area (TPSA) is 55.9 Å². The first-order valence-corrected chi connectivity index (χ1v) is 6.00. The minimum Gasteiger partial charge on any atom is -0.275 e. The third-order valence-electron chi connectivity index (χ3n) is 2.90. The summed E-state index contributed by atoms with van der Waals surface area (Å²) >= 11 is 0. The Morgan fingerprint density at radius 3 is 2.56 bits per heavy atom. The van der Waals surface area contributed by atoms with Gasteiger partial charge in [0.2, 0.25) is 0 Å². The van der Waals surface area contributed by atoms with Crippen molar-refractivity contribution in [2.75, 3.05) is 0 Å². The summed E-state index contributed by atoms with van der Waals surface area (Å²) in [6, 6.07) is 0.229. The molecule has 1 aromatic rings. The molecule has 0 aliphatic carbocycles. The van der Waals surface area contributed by atoms with E-state index in [1.54, 1.807) is 0 Å². The van der Waals surface area contributed by atoms with E-state index in [1.807, 2.05) is 18.7 Å². The lowest BCUT2D eigenvalue weighted by atomic mass is 9.99. The Morgan fingerprint density at radius 2 is 2.12 bits per heavy atom. The lowest BCUT2D eigenvalue weighted by Crippen LogP contribution is -2.28. The summed E-state index contributed by atoms with van der Waals surface area (Å²) < 4.78 is 1.84. The zero-order valence-corrected chi connectivity index (χ0v) is 10.8. The Kier molecular flexibility index (Phi) is 4.96. The van der Waals surface area contributed by atoms with Crippen LogP contribution in [0.1, 0.15) is 50.4 Å². The van der Waals surface area contributed by atoms with E-state index in [9.17, 15) is 0 Å². The number of aromatic nitrogens is 2. The van der Waals surface area contributed by atoms with Gasteiger partial charge >= 0.3 is 0 Å². The SMILES string of the molecule is Cc1nn(C)cc1C(CCCC(C)C)NN. The minimum absolute atomic E-state index is 0.229. The van der Waals surface area contributed by atoms with E-state index in [-0.39, 0.29) is 6.04 Å². The highest BCUT2D eigenvalue weighted by molar-refractivity contribution is 5.19. The molecule has 0 aromatic carbocycles. The monoisotopic (exact) mass is 224 g/mol. The molecule has 0 aliphatic heterocycles. The van der Waals surface area contributed by atoms with Crippen LogP contribution in [0.4, 0.5) is 0 Å². The minimum atomic E-state index is 0.229. The second-order valence-corrected chi connectivity index (χ2v) is 4.89. The molecule has 0 spiro atoms. The Hall–Kier alpha value is -0.870. The van der Waals surface area contributed by atoms with Crippen LogP contribution in [0.5, 0.6) is 0 Å². The third kappa shape index (κ3) is 3.61. The number of hydrogen-bond donors (Lipinski definition) is 2. The van der Waals surface area contributed by atoms with E-state index >= 15 is 0 Å². The third-order valence-corrected chi connectivity index (χ3v) is 2.90. The largest absolute Gasteiger partial charge is 0.275 e. The van der Waals surface area contributed by atoms with Crippen molar-refractivity contribution in [1.82, 2.24) is 15.2 Å². The highest BCUT2D eigenvalue weighted by atomic mass is 15.3. The molecule has 1 atom stereocenters. The van der Waals surface area contributed by atoms with Crippen LogP contribution in [0.3, 0.4) is 0 Å². The molecule has 4 heteroatoms. The van der Waals surface area contributed by atoms with Gasteiger partial charge in [0.15, 0.2) is 0 Å². The van der Waals surface area contributed by atoms with Gasteiger partial charge in [-0.15, -0.1) is 0 Å². The first-order valence-electron chi connectivity index (χ1n) is 6.00. The zero-order valence-electron chi connectivity index (χ0n) is 10.8. The van der Waals surface area contributed by atoms with Gasteiger partial charge in [-0.05, 0) is 19.3 Å². The molecule has 0 saturated heterocycles. The lowest BCUT2D eigenvalue weighted by Gasteiger charge is -2.15. The number of aryl methyl sites for hydroxylation is 2. The second-order valence-electron chi connectivity index (χ2n) is 4.89. The van der Waals surface area contributed by atoms with Gasteiger partial charge in [0.1, 0.15) is 0 Å². The maximum Gasteiger partial charge on any atom is 0.0641 e. The first kappa shape index (κ1) is 13.2. The summed E-state index contributed by atoms with van der Waals surface area (Å²) in [5.74, 6) is 6.37. The summed E-state index contributed by atoms with van der Waals surface area (Å²) in [5, 5.41) is 4.34. The smallest absolute Gasteiger partial charge is 0.0641 e. The summed E-state index contributed by atoms with van der Waals surface area (Å²) in [4.78, 5) is 0. The van der Waals surface area contributed by atoms with E-state index in [2.05, 4.69) is 30.6 Å². The summed E-state index contributed by atoms with van der Waals surface area (Å²) in [6.45, 7) is 6.53. The molecule has 0 amide bonds. The normalized spacial score (nSPS) is 13.4. The molecule has 1 unspecified atom stereocenters.